The minimum absolute atomic E-state index is 0.0820. The van der Waals surface area contributed by atoms with Crippen LogP contribution in [0.3, 0.4) is 0 Å². The Hall–Kier alpha value is -2.01. The molecule has 0 bridgehead atoms. The third-order valence-corrected chi connectivity index (χ3v) is 4.77. The molecule has 2 aromatic rings. The summed E-state index contributed by atoms with van der Waals surface area (Å²) in [5, 5.41) is 10.8. The Morgan fingerprint density at radius 3 is 2.43 bits per heavy atom. The number of aryl methyl sites for hydroxylation is 1. The van der Waals surface area contributed by atoms with Crippen molar-refractivity contribution in [3.05, 3.63) is 72.7 Å². The van der Waals surface area contributed by atoms with Crippen LogP contribution in [-0.2, 0) is 0 Å². The van der Waals surface area contributed by atoms with Crippen molar-refractivity contribution in [3.63, 3.8) is 0 Å². The molecule has 0 N–H and O–H groups in total. The average molecular weight is 348 g/mol. The predicted molar refractivity (Wildman–Crippen MR) is 84.9 cm³/mol. The maximum atomic E-state index is 12.6. The van der Waals surface area contributed by atoms with Crippen LogP contribution in [0.1, 0.15) is 32.6 Å². The van der Waals surface area contributed by atoms with Crippen LogP contribution in [0.15, 0.2) is 34.8 Å². The van der Waals surface area contributed by atoms with Crippen LogP contribution < -0.4 is 0 Å². The Morgan fingerprint density at radius 1 is 1.14 bits per heavy atom. The van der Waals surface area contributed by atoms with E-state index in [-0.39, 0.29) is 11.5 Å². The third-order valence-electron chi connectivity index (χ3n) is 3.58. The van der Waals surface area contributed by atoms with Gasteiger partial charge in [-0.1, -0.05) is 28.1 Å². The van der Waals surface area contributed by atoms with E-state index >= 15 is 0 Å². The van der Waals surface area contributed by atoms with E-state index in [1.807, 2.05) is 26.8 Å². The SMILES string of the molecule is Cc1cc(C(=O)c2cccc([N+](=O)[O-])c2)c(C)c(Br)c1C. The van der Waals surface area contributed by atoms with E-state index in [9.17, 15) is 14.9 Å². The lowest BCUT2D eigenvalue weighted by molar-refractivity contribution is -0.384. The normalized spacial score (nSPS) is 10.5. The van der Waals surface area contributed by atoms with Crippen LogP contribution in [0.25, 0.3) is 0 Å². The van der Waals surface area contributed by atoms with E-state index in [1.54, 1.807) is 6.07 Å². The minimum atomic E-state index is -0.500. The van der Waals surface area contributed by atoms with Crippen LogP contribution in [0, 0.1) is 30.9 Å². The van der Waals surface area contributed by atoms with Crippen molar-refractivity contribution in [1.82, 2.24) is 0 Å². The fraction of sp³-hybridized carbons (Fsp3) is 0.188. The summed E-state index contributed by atoms with van der Waals surface area (Å²) in [6.07, 6.45) is 0. The molecule has 0 aliphatic rings. The standard InChI is InChI=1S/C16H14BrNO3/c1-9-7-14(11(3)15(17)10(9)2)16(19)12-5-4-6-13(8-12)18(20)21/h4-8H,1-3H3. The molecule has 2 rings (SSSR count). The number of ketones is 1. The smallest absolute Gasteiger partial charge is 0.270 e. The summed E-state index contributed by atoms with van der Waals surface area (Å²) in [5.41, 5.74) is 3.73. The van der Waals surface area contributed by atoms with Gasteiger partial charge in [-0.3, -0.25) is 14.9 Å². The van der Waals surface area contributed by atoms with Gasteiger partial charge in [0.1, 0.15) is 0 Å². The molecule has 5 heteroatoms. The lowest BCUT2D eigenvalue weighted by Crippen LogP contribution is -2.06. The Morgan fingerprint density at radius 2 is 1.81 bits per heavy atom. The number of carbonyl (C=O) groups excluding carboxylic acids is 1. The summed E-state index contributed by atoms with van der Waals surface area (Å²) in [6, 6.07) is 7.63. The highest BCUT2D eigenvalue weighted by Crippen LogP contribution is 2.29. The fourth-order valence-corrected chi connectivity index (χ4v) is 2.68. The molecule has 4 nitrogen and oxygen atoms in total. The average Bonchev–Trinajstić information content (AvgIpc) is 2.48. The van der Waals surface area contributed by atoms with Crippen LogP contribution >= 0.6 is 15.9 Å². The Kier molecular flexibility index (Phi) is 4.23. The molecule has 0 atom stereocenters. The van der Waals surface area contributed by atoms with Crippen molar-refractivity contribution in [2.45, 2.75) is 20.8 Å². The first-order valence-electron chi connectivity index (χ1n) is 6.38. The monoisotopic (exact) mass is 347 g/mol. The van der Waals surface area contributed by atoms with Crippen molar-refractivity contribution >= 4 is 27.4 Å². The van der Waals surface area contributed by atoms with Crippen molar-refractivity contribution in [1.29, 1.82) is 0 Å². The quantitative estimate of drug-likeness (QED) is 0.466. The summed E-state index contributed by atoms with van der Waals surface area (Å²) in [5.74, 6) is -0.208. The Balaban J connectivity index is 2.55. The highest BCUT2D eigenvalue weighted by molar-refractivity contribution is 9.10. The summed E-state index contributed by atoms with van der Waals surface area (Å²) < 4.78 is 0.899. The number of hydrogen-bond acceptors (Lipinski definition) is 3. The molecule has 21 heavy (non-hydrogen) atoms. The molecule has 0 aliphatic heterocycles. The largest absolute Gasteiger partial charge is 0.289 e. The van der Waals surface area contributed by atoms with Crippen molar-refractivity contribution in [2.24, 2.45) is 0 Å². The summed E-state index contributed by atoms with van der Waals surface area (Å²) in [4.78, 5) is 22.9. The van der Waals surface area contributed by atoms with Crippen molar-refractivity contribution in [2.75, 3.05) is 0 Å². The number of nitro groups is 1. The molecule has 108 valence electrons. The van der Waals surface area contributed by atoms with Gasteiger partial charge in [0.2, 0.25) is 0 Å². The Bertz CT molecular complexity index is 753. The van der Waals surface area contributed by atoms with Gasteiger partial charge in [0.05, 0.1) is 4.92 Å². The molecule has 0 radical (unpaired) electrons. The molecule has 0 aliphatic carbocycles. The number of rotatable bonds is 3. The molecule has 2 aromatic carbocycles. The second-order valence-corrected chi connectivity index (χ2v) is 5.73. The van der Waals surface area contributed by atoms with Gasteiger partial charge in [-0.15, -0.1) is 0 Å². The first-order valence-corrected chi connectivity index (χ1v) is 7.17. The van der Waals surface area contributed by atoms with Gasteiger partial charge in [0, 0.05) is 27.7 Å². The molecule has 0 heterocycles. The second kappa shape index (κ2) is 5.77. The van der Waals surface area contributed by atoms with E-state index in [0.29, 0.717) is 11.1 Å². The predicted octanol–water partition coefficient (Wildman–Crippen LogP) is 4.51. The summed E-state index contributed by atoms with van der Waals surface area (Å²) >= 11 is 3.50. The maximum Gasteiger partial charge on any atom is 0.270 e. The van der Waals surface area contributed by atoms with Gasteiger partial charge in [-0.05, 0) is 43.5 Å². The lowest BCUT2D eigenvalue weighted by atomic mass is 9.94. The van der Waals surface area contributed by atoms with Gasteiger partial charge in [-0.2, -0.15) is 0 Å². The maximum absolute atomic E-state index is 12.6. The number of carbonyl (C=O) groups is 1. The molecular weight excluding hydrogens is 334 g/mol. The lowest BCUT2D eigenvalue weighted by Gasteiger charge is -2.12. The van der Waals surface area contributed by atoms with Crippen LogP contribution in [0.5, 0.6) is 0 Å². The Labute approximate surface area is 131 Å². The summed E-state index contributed by atoms with van der Waals surface area (Å²) in [7, 11) is 0. The van der Waals surface area contributed by atoms with Crippen LogP contribution in [-0.4, -0.2) is 10.7 Å². The zero-order valence-corrected chi connectivity index (χ0v) is 13.5. The molecule has 0 unspecified atom stereocenters. The summed E-state index contributed by atoms with van der Waals surface area (Å²) in [6.45, 7) is 5.78. The number of nitrogens with zero attached hydrogens (tertiary/aromatic N) is 1. The topological polar surface area (TPSA) is 60.2 Å². The molecule has 0 spiro atoms. The zero-order valence-electron chi connectivity index (χ0n) is 11.9. The van der Waals surface area contributed by atoms with E-state index < -0.39 is 4.92 Å². The highest BCUT2D eigenvalue weighted by atomic mass is 79.9. The molecular formula is C16H14BrNO3. The van der Waals surface area contributed by atoms with Gasteiger partial charge in [0.15, 0.2) is 5.78 Å². The molecule has 0 amide bonds. The highest BCUT2D eigenvalue weighted by Gasteiger charge is 2.18. The van der Waals surface area contributed by atoms with E-state index in [4.69, 9.17) is 0 Å². The number of nitro benzene ring substituents is 1. The van der Waals surface area contributed by atoms with E-state index in [0.717, 1.165) is 21.2 Å². The third kappa shape index (κ3) is 2.88. The number of benzene rings is 2. The van der Waals surface area contributed by atoms with Crippen molar-refractivity contribution in [3.8, 4) is 0 Å². The van der Waals surface area contributed by atoms with Crippen LogP contribution in [0.2, 0.25) is 0 Å². The van der Waals surface area contributed by atoms with Gasteiger partial charge < -0.3 is 0 Å². The number of non-ortho nitro benzene ring substituents is 1. The molecule has 0 saturated carbocycles. The van der Waals surface area contributed by atoms with Gasteiger partial charge in [0.25, 0.3) is 5.69 Å². The minimum Gasteiger partial charge on any atom is -0.289 e. The van der Waals surface area contributed by atoms with Gasteiger partial charge in [-0.25, -0.2) is 0 Å². The number of hydrogen-bond donors (Lipinski definition) is 0. The van der Waals surface area contributed by atoms with E-state index in [2.05, 4.69) is 15.9 Å². The van der Waals surface area contributed by atoms with Crippen molar-refractivity contribution < 1.29 is 9.72 Å². The number of halogens is 1. The molecule has 0 saturated heterocycles. The van der Waals surface area contributed by atoms with E-state index in [1.165, 1.54) is 18.2 Å². The zero-order chi connectivity index (χ0) is 15.7. The van der Waals surface area contributed by atoms with Gasteiger partial charge >= 0.3 is 0 Å². The molecule has 0 fully saturated rings. The first kappa shape index (κ1) is 15.4. The first-order chi connectivity index (χ1) is 9.82. The second-order valence-electron chi connectivity index (χ2n) is 4.94. The molecule has 0 aromatic heterocycles. The van der Waals surface area contributed by atoms with Crippen LogP contribution in [0.4, 0.5) is 5.69 Å². The fourth-order valence-electron chi connectivity index (χ4n) is 2.16.